The van der Waals surface area contributed by atoms with Crippen LogP contribution in [0.3, 0.4) is 0 Å². The Labute approximate surface area is 102 Å². The van der Waals surface area contributed by atoms with E-state index < -0.39 is 17.7 Å². The van der Waals surface area contributed by atoms with Crippen LogP contribution in [0.4, 0.5) is 0 Å². The van der Waals surface area contributed by atoms with Gasteiger partial charge in [0.1, 0.15) is 0 Å². The number of unbranched alkanes of at least 4 members (excludes halogenated alkanes) is 2. The van der Waals surface area contributed by atoms with Crippen molar-refractivity contribution in [3.8, 4) is 0 Å². The SMILES string of the molecule is CCCCCOC(=O)C1C=CCCC1C(N)=O. The number of carbonyl (C=O) groups is 2. The van der Waals surface area contributed by atoms with Crippen LogP contribution in [-0.4, -0.2) is 18.5 Å². The Morgan fingerprint density at radius 2 is 2.18 bits per heavy atom. The zero-order valence-corrected chi connectivity index (χ0v) is 10.4. The van der Waals surface area contributed by atoms with E-state index in [0.29, 0.717) is 13.0 Å². The van der Waals surface area contributed by atoms with E-state index in [-0.39, 0.29) is 5.97 Å². The molecule has 0 bridgehead atoms. The van der Waals surface area contributed by atoms with Gasteiger partial charge in [-0.15, -0.1) is 0 Å². The number of esters is 1. The third-order valence-electron chi connectivity index (χ3n) is 3.05. The fourth-order valence-corrected chi connectivity index (χ4v) is 2.02. The Kier molecular flexibility index (Phi) is 5.73. The van der Waals surface area contributed by atoms with E-state index in [9.17, 15) is 9.59 Å². The van der Waals surface area contributed by atoms with Crippen LogP contribution in [0.1, 0.15) is 39.0 Å². The third kappa shape index (κ3) is 4.21. The van der Waals surface area contributed by atoms with Crippen molar-refractivity contribution in [3.05, 3.63) is 12.2 Å². The van der Waals surface area contributed by atoms with Crippen LogP contribution in [0.25, 0.3) is 0 Å². The molecule has 2 unspecified atom stereocenters. The second kappa shape index (κ2) is 7.09. The molecule has 1 amide bonds. The molecule has 96 valence electrons. The monoisotopic (exact) mass is 239 g/mol. The second-order valence-electron chi connectivity index (χ2n) is 4.41. The van der Waals surface area contributed by atoms with Gasteiger partial charge in [0.2, 0.25) is 5.91 Å². The standard InChI is InChI=1S/C13H21NO3/c1-2-3-6-9-17-13(16)11-8-5-4-7-10(11)12(14)15/h5,8,10-11H,2-4,6-7,9H2,1H3,(H2,14,15). The van der Waals surface area contributed by atoms with Gasteiger partial charge in [0, 0.05) is 0 Å². The van der Waals surface area contributed by atoms with Crippen LogP contribution >= 0.6 is 0 Å². The Morgan fingerprint density at radius 3 is 2.82 bits per heavy atom. The number of primary amides is 1. The van der Waals surface area contributed by atoms with Crippen molar-refractivity contribution >= 4 is 11.9 Å². The van der Waals surface area contributed by atoms with Gasteiger partial charge in [-0.05, 0) is 19.3 Å². The van der Waals surface area contributed by atoms with Crippen molar-refractivity contribution < 1.29 is 14.3 Å². The van der Waals surface area contributed by atoms with Crippen LogP contribution in [-0.2, 0) is 14.3 Å². The molecule has 2 atom stereocenters. The molecule has 4 heteroatoms. The lowest BCUT2D eigenvalue weighted by molar-refractivity contribution is -0.151. The van der Waals surface area contributed by atoms with Gasteiger partial charge in [0.15, 0.2) is 0 Å². The summed E-state index contributed by atoms with van der Waals surface area (Å²) in [5.41, 5.74) is 5.29. The summed E-state index contributed by atoms with van der Waals surface area (Å²) < 4.78 is 5.17. The molecule has 0 aromatic rings. The lowest BCUT2D eigenvalue weighted by Crippen LogP contribution is -2.35. The summed E-state index contributed by atoms with van der Waals surface area (Å²) in [5, 5.41) is 0. The fraction of sp³-hybridized carbons (Fsp3) is 0.692. The van der Waals surface area contributed by atoms with E-state index in [0.717, 1.165) is 25.7 Å². The topological polar surface area (TPSA) is 69.4 Å². The number of allylic oxidation sites excluding steroid dienone is 1. The fourth-order valence-electron chi connectivity index (χ4n) is 2.02. The van der Waals surface area contributed by atoms with Gasteiger partial charge < -0.3 is 10.5 Å². The first-order valence-electron chi connectivity index (χ1n) is 6.29. The summed E-state index contributed by atoms with van der Waals surface area (Å²) in [6, 6.07) is 0. The van der Waals surface area contributed by atoms with Crippen LogP contribution in [0.5, 0.6) is 0 Å². The van der Waals surface area contributed by atoms with E-state index in [1.807, 2.05) is 6.08 Å². The molecule has 0 aliphatic heterocycles. The summed E-state index contributed by atoms with van der Waals surface area (Å²) in [6.45, 7) is 2.53. The summed E-state index contributed by atoms with van der Waals surface area (Å²) in [7, 11) is 0. The van der Waals surface area contributed by atoms with E-state index >= 15 is 0 Å². The molecular weight excluding hydrogens is 218 g/mol. The van der Waals surface area contributed by atoms with Gasteiger partial charge in [-0.1, -0.05) is 31.9 Å². The normalized spacial score (nSPS) is 23.4. The first-order chi connectivity index (χ1) is 8.16. The van der Waals surface area contributed by atoms with Gasteiger partial charge in [0.25, 0.3) is 0 Å². The molecule has 1 aliphatic carbocycles. The van der Waals surface area contributed by atoms with Crippen LogP contribution < -0.4 is 5.73 Å². The molecule has 17 heavy (non-hydrogen) atoms. The van der Waals surface area contributed by atoms with Gasteiger partial charge in [-0.3, -0.25) is 9.59 Å². The van der Waals surface area contributed by atoms with Crippen LogP contribution in [0, 0.1) is 11.8 Å². The highest BCUT2D eigenvalue weighted by Crippen LogP contribution is 2.25. The summed E-state index contributed by atoms with van der Waals surface area (Å²) >= 11 is 0. The van der Waals surface area contributed by atoms with E-state index in [4.69, 9.17) is 10.5 Å². The number of rotatable bonds is 6. The van der Waals surface area contributed by atoms with Gasteiger partial charge in [0.05, 0.1) is 18.4 Å². The van der Waals surface area contributed by atoms with Crippen molar-refractivity contribution in [2.75, 3.05) is 6.61 Å². The largest absolute Gasteiger partial charge is 0.465 e. The Bertz CT molecular complexity index is 299. The molecule has 4 nitrogen and oxygen atoms in total. The second-order valence-corrected chi connectivity index (χ2v) is 4.41. The highest BCUT2D eigenvalue weighted by Gasteiger charge is 2.32. The lowest BCUT2D eigenvalue weighted by atomic mass is 9.83. The molecule has 1 aliphatic rings. The smallest absolute Gasteiger partial charge is 0.313 e. The van der Waals surface area contributed by atoms with Crippen LogP contribution in [0.15, 0.2) is 12.2 Å². The predicted octanol–water partition coefficient (Wildman–Crippen LogP) is 1.79. The summed E-state index contributed by atoms with van der Waals surface area (Å²) in [5.74, 6) is -1.62. The Hall–Kier alpha value is -1.32. The molecule has 2 N–H and O–H groups in total. The summed E-state index contributed by atoms with van der Waals surface area (Å²) in [4.78, 5) is 23.0. The Balaban J connectivity index is 2.45. The number of carbonyl (C=O) groups excluding carboxylic acids is 2. The number of ether oxygens (including phenoxy) is 1. The summed E-state index contributed by atoms with van der Waals surface area (Å²) in [6.07, 6.45) is 8.12. The molecule has 0 saturated heterocycles. The minimum absolute atomic E-state index is 0.319. The minimum atomic E-state index is -0.483. The van der Waals surface area contributed by atoms with Crippen molar-refractivity contribution in [2.45, 2.75) is 39.0 Å². The van der Waals surface area contributed by atoms with Crippen molar-refractivity contribution in [2.24, 2.45) is 17.6 Å². The maximum atomic E-state index is 11.8. The first kappa shape index (κ1) is 13.7. The maximum Gasteiger partial charge on any atom is 0.313 e. The molecular formula is C13H21NO3. The number of hydrogen-bond acceptors (Lipinski definition) is 3. The van der Waals surface area contributed by atoms with E-state index in [2.05, 4.69) is 6.92 Å². The number of hydrogen-bond donors (Lipinski definition) is 1. The molecule has 0 radical (unpaired) electrons. The molecule has 0 heterocycles. The third-order valence-corrected chi connectivity index (χ3v) is 3.05. The molecule has 1 rings (SSSR count). The average Bonchev–Trinajstić information content (AvgIpc) is 2.34. The van der Waals surface area contributed by atoms with Gasteiger partial charge in [-0.25, -0.2) is 0 Å². The van der Waals surface area contributed by atoms with Gasteiger partial charge >= 0.3 is 5.97 Å². The molecule has 0 aromatic heterocycles. The number of amides is 1. The van der Waals surface area contributed by atoms with Gasteiger partial charge in [-0.2, -0.15) is 0 Å². The lowest BCUT2D eigenvalue weighted by Gasteiger charge is -2.23. The number of nitrogens with two attached hydrogens (primary N) is 1. The van der Waals surface area contributed by atoms with E-state index in [1.165, 1.54) is 0 Å². The average molecular weight is 239 g/mol. The molecule has 0 saturated carbocycles. The van der Waals surface area contributed by atoms with E-state index in [1.54, 1.807) is 6.08 Å². The van der Waals surface area contributed by atoms with Crippen molar-refractivity contribution in [1.29, 1.82) is 0 Å². The molecule has 0 aromatic carbocycles. The van der Waals surface area contributed by atoms with Crippen molar-refractivity contribution in [3.63, 3.8) is 0 Å². The minimum Gasteiger partial charge on any atom is -0.465 e. The zero-order chi connectivity index (χ0) is 12.7. The Morgan fingerprint density at radius 1 is 1.41 bits per heavy atom. The molecule has 0 fully saturated rings. The highest BCUT2D eigenvalue weighted by molar-refractivity contribution is 5.85. The van der Waals surface area contributed by atoms with Crippen LogP contribution in [0.2, 0.25) is 0 Å². The predicted molar refractivity (Wildman–Crippen MR) is 65.0 cm³/mol. The van der Waals surface area contributed by atoms with Crippen molar-refractivity contribution in [1.82, 2.24) is 0 Å². The first-order valence-corrected chi connectivity index (χ1v) is 6.29. The maximum absolute atomic E-state index is 11.8. The highest BCUT2D eigenvalue weighted by atomic mass is 16.5. The molecule has 0 spiro atoms. The zero-order valence-electron chi connectivity index (χ0n) is 10.4. The quantitative estimate of drug-likeness (QED) is 0.436.